The fraction of sp³-hybridized carbons (Fsp3) is 0.333. The van der Waals surface area contributed by atoms with Gasteiger partial charge in [0, 0.05) is 19.2 Å². The fourth-order valence-corrected chi connectivity index (χ4v) is 4.22. The van der Waals surface area contributed by atoms with Gasteiger partial charge in [-0.3, -0.25) is 9.69 Å². The second-order valence-electron chi connectivity index (χ2n) is 6.79. The Kier molecular flexibility index (Phi) is 7.99. The highest BCUT2D eigenvalue weighted by molar-refractivity contribution is 7.22. The molecule has 0 spiro atoms. The SMILES string of the molecule is CCOc1cccc2sc(N(CCN(CC)CC)C(=O)C=Cc3ccccc3)nc12. The monoisotopic (exact) mass is 423 g/mol. The first-order valence-corrected chi connectivity index (χ1v) is 11.3. The van der Waals surface area contributed by atoms with Crippen molar-refractivity contribution in [1.29, 1.82) is 0 Å². The number of rotatable bonds is 10. The molecular formula is C24H29N3O2S. The molecular weight excluding hydrogens is 394 g/mol. The van der Waals surface area contributed by atoms with Gasteiger partial charge in [-0.25, -0.2) is 4.98 Å². The molecule has 158 valence electrons. The first kappa shape index (κ1) is 22.0. The standard InChI is InChI=1S/C24H29N3O2S/c1-4-26(5-2)17-18-27(22(28)16-15-19-11-8-7-9-12-19)24-25-23-20(29-6-3)13-10-14-21(23)30-24/h7-16H,4-6,17-18H2,1-3H3. The third-order valence-electron chi connectivity index (χ3n) is 4.92. The van der Waals surface area contributed by atoms with Crippen molar-refractivity contribution in [2.75, 3.05) is 37.7 Å². The molecule has 0 fully saturated rings. The van der Waals surface area contributed by atoms with E-state index < -0.39 is 0 Å². The van der Waals surface area contributed by atoms with E-state index in [1.807, 2.05) is 61.5 Å². The Labute approximate surface area is 182 Å². The van der Waals surface area contributed by atoms with Crippen molar-refractivity contribution in [3.63, 3.8) is 0 Å². The van der Waals surface area contributed by atoms with E-state index in [0.717, 1.165) is 41.2 Å². The highest BCUT2D eigenvalue weighted by atomic mass is 32.1. The number of likely N-dealkylation sites (N-methyl/N-ethyl adjacent to an activating group) is 1. The number of hydrogen-bond donors (Lipinski definition) is 0. The first-order valence-electron chi connectivity index (χ1n) is 10.5. The van der Waals surface area contributed by atoms with Gasteiger partial charge < -0.3 is 9.64 Å². The number of nitrogens with zero attached hydrogens (tertiary/aromatic N) is 3. The Balaban J connectivity index is 1.90. The number of aromatic nitrogens is 1. The van der Waals surface area contributed by atoms with Crippen LogP contribution in [0.1, 0.15) is 26.3 Å². The fourth-order valence-electron chi connectivity index (χ4n) is 3.20. The highest BCUT2D eigenvalue weighted by Crippen LogP contribution is 2.34. The van der Waals surface area contributed by atoms with E-state index in [0.29, 0.717) is 18.3 Å². The molecule has 0 radical (unpaired) electrons. The quantitative estimate of drug-likeness (QED) is 0.427. The van der Waals surface area contributed by atoms with Crippen molar-refractivity contribution in [3.8, 4) is 5.75 Å². The van der Waals surface area contributed by atoms with Crippen LogP contribution in [0.5, 0.6) is 5.75 Å². The summed E-state index contributed by atoms with van der Waals surface area (Å²) in [5, 5.41) is 0.701. The van der Waals surface area contributed by atoms with Gasteiger partial charge in [-0.15, -0.1) is 0 Å². The molecule has 2 aromatic carbocycles. The lowest BCUT2D eigenvalue weighted by Crippen LogP contribution is -2.38. The average Bonchev–Trinajstić information content (AvgIpc) is 3.21. The van der Waals surface area contributed by atoms with Crippen LogP contribution in [0.2, 0.25) is 0 Å². The summed E-state index contributed by atoms with van der Waals surface area (Å²) in [6, 6.07) is 15.8. The number of para-hydroxylation sites is 1. The van der Waals surface area contributed by atoms with Crippen molar-refractivity contribution in [3.05, 3.63) is 60.2 Å². The number of anilines is 1. The summed E-state index contributed by atoms with van der Waals surface area (Å²) >= 11 is 1.52. The summed E-state index contributed by atoms with van der Waals surface area (Å²) in [7, 11) is 0. The Hall–Kier alpha value is -2.70. The molecule has 0 aliphatic carbocycles. The molecule has 1 heterocycles. The second kappa shape index (κ2) is 10.9. The van der Waals surface area contributed by atoms with E-state index in [1.54, 1.807) is 11.0 Å². The van der Waals surface area contributed by atoms with Gasteiger partial charge in [0.2, 0.25) is 0 Å². The van der Waals surface area contributed by atoms with Crippen molar-refractivity contribution in [1.82, 2.24) is 9.88 Å². The van der Waals surface area contributed by atoms with Crippen molar-refractivity contribution in [2.24, 2.45) is 0 Å². The lowest BCUT2D eigenvalue weighted by atomic mass is 10.2. The number of amides is 1. The average molecular weight is 424 g/mol. The zero-order chi connectivity index (χ0) is 21.3. The van der Waals surface area contributed by atoms with Crippen LogP contribution >= 0.6 is 11.3 Å². The van der Waals surface area contributed by atoms with Gasteiger partial charge in [0.05, 0.1) is 11.3 Å². The summed E-state index contributed by atoms with van der Waals surface area (Å²) in [5.41, 5.74) is 1.81. The van der Waals surface area contributed by atoms with E-state index in [1.165, 1.54) is 11.3 Å². The third-order valence-corrected chi connectivity index (χ3v) is 5.96. The predicted molar refractivity (Wildman–Crippen MR) is 126 cm³/mol. The van der Waals surface area contributed by atoms with Crippen molar-refractivity contribution in [2.45, 2.75) is 20.8 Å². The number of carbonyl (C=O) groups is 1. The van der Waals surface area contributed by atoms with E-state index in [2.05, 4.69) is 18.7 Å². The van der Waals surface area contributed by atoms with E-state index >= 15 is 0 Å². The molecule has 0 atom stereocenters. The number of fused-ring (bicyclic) bond motifs is 1. The molecule has 6 heteroatoms. The van der Waals surface area contributed by atoms with Gasteiger partial charge in [-0.2, -0.15) is 0 Å². The normalized spacial score (nSPS) is 11.5. The van der Waals surface area contributed by atoms with Gasteiger partial charge in [-0.1, -0.05) is 61.6 Å². The van der Waals surface area contributed by atoms with Crippen LogP contribution in [0.4, 0.5) is 5.13 Å². The number of benzene rings is 2. The van der Waals surface area contributed by atoms with Gasteiger partial charge in [0.25, 0.3) is 5.91 Å². The molecule has 3 rings (SSSR count). The smallest absolute Gasteiger partial charge is 0.252 e. The zero-order valence-corrected chi connectivity index (χ0v) is 18.7. The van der Waals surface area contributed by atoms with Gasteiger partial charge in [0.1, 0.15) is 11.3 Å². The number of carbonyl (C=O) groups excluding carboxylic acids is 1. The van der Waals surface area contributed by atoms with Gasteiger partial charge >= 0.3 is 0 Å². The summed E-state index contributed by atoms with van der Waals surface area (Å²) in [4.78, 5) is 22.0. The van der Waals surface area contributed by atoms with Gasteiger partial charge in [-0.05, 0) is 43.8 Å². The van der Waals surface area contributed by atoms with Crippen molar-refractivity contribution >= 4 is 38.7 Å². The first-order chi connectivity index (χ1) is 14.7. The van der Waals surface area contributed by atoms with Crippen LogP contribution in [-0.2, 0) is 4.79 Å². The summed E-state index contributed by atoms with van der Waals surface area (Å²) in [6.45, 7) is 10.1. The number of hydrogen-bond acceptors (Lipinski definition) is 5. The summed E-state index contributed by atoms with van der Waals surface area (Å²) in [6.07, 6.45) is 3.48. The van der Waals surface area contributed by atoms with Crippen LogP contribution in [0, 0.1) is 0 Å². The van der Waals surface area contributed by atoms with Gasteiger partial charge in [0.15, 0.2) is 5.13 Å². The molecule has 0 unspecified atom stereocenters. The van der Waals surface area contributed by atoms with Crippen molar-refractivity contribution < 1.29 is 9.53 Å². The number of ether oxygens (including phenoxy) is 1. The number of thiazole rings is 1. The van der Waals surface area contributed by atoms with Crippen LogP contribution in [0.3, 0.4) is 0 Å². The van der Waals surface area contributed by atoms with Crippen LogP contribution in [0.25, 0.3) is 16.3 Å². The summed E-state index contributed by atoms with van der Waals surface area (Å²) in [5.74, 6) is 0.691. The predicted octanol–water partition coefficient (Wildman–Crippen LogP) is 5.08. The maximum absolute atomic E-state index is 13.1. The van der Waals surface area contributed by atoms with E-state index in [-0.39, 0.29) is 5.91 Å². The third kappa shape index (κ3) is 5.46. The molecule has 0 aliphatic heterocycles. The molecule has 1 amide bonds. The van der Waals surface area contributed by atoms with Crippen LogP contribution < -0.4 is 9.64 Å². The minimum absolute atomic E-state index is 0.0666. The summed E-state index contributed by atoms with van der Waals surface area (Å²) < 4.78 is 6.75. The molecule has 0 bridgehead atoms. The lowest BCUT2D eigenvalue weighted by molar-refractivity contribution is -0.114. The largest absolute Gasteiger partial charge is 0.492 e. The molecule has 5 nitrogen and oxygen atoms in total. The van der Waals surface area contributed by atoms with Crippen LogP contribution in [0.15, 0.2) is 54.6 Å². The molecule has 0 N–H and O–H groups in total. The minimum Gasteiger partial charge on any atom is -0.492 e. The Morgan fingerprint density at radius 1 is 1.03 bits per heavy atom. The topological polar surface area (TPSA) is 45.7 Å². The van der Waals surface area contributed by atoms with E-state index in [9.17, 15) is 4.79 Å². The molecule has 0 aliphatic rings. The molecule has 0 saturated carbocycles. The minimum atomic E-state index is -0.0666. The second-order valence-corrected chi connectivity index (χ2v) is 7.80. The maximum Gasteiger partial charge on any atom is 0.252 e. The molecule has 3 aromatic rings. The highest BCUT2D eigenvalue weighted by Gasteiger charge is 2.20. The molecule has 0 saturated heterocycles. The Morgan fingerprint density at radius 3 is 2.50 bits per heavy atom. The maximum atomic E-state index is 13.1. The Morgan fingerprint density at radius 2 is 1.80 bits per heavy atom. The van der Waals surface area contributed by atoms with E-state index in [4.69, 9.17) is 9.72 Å². The molecule has 1 aromatic heterocycles. The zero-order valence-electron chi connectivity index (χ0n) is 17.9. The molecule has 30 heavy (non-hydrogen) atoms. The Bertz CT molecular complexity index is 981. The lowest BCUT2D eigenvalue weighted by Gasteiger charge is -2.23. The van der Waals surface area contributed by atoms with Crippen LogP contribution in [-0.4, -0.2) is 48.6 Å².